The molecule has 0 spiro atoms. The number of carbonyl (C=O) groups excluding carboxylic acids is 1. The van der Waals surface area contributed by atoms with Crippen molar-refractivity contribution in [1.82, 2.24) is 25.5 Å². The maximum atomic E-state index is 11.9. The fourth-order valence-corrected chi connectivity index (χ4v) is 2.60. The standard InChI is InChI=1S/C15H19N5O/c1-11-6-8-12(9-7-11)15-17-19-20(18-15)10-14(21)16-13-4-2-3-5-13/h6-9,13H,2-5,10H2,1H3,(H,16,21). The lowest BCUT2D eigenvalue weighted by Gasteiger charge is -2.10. The van der Waals surface area contributed by atoms with Crippen LogP contribution in [0.15, 0.2) is 24.3 Å². The molecular formula is C15H19N5O. The van der Waals surface area contributed by atoms with Gasteiger partial charge >= 0.3 is 0 Å². The number of hydrogen-bond acceptors (Lipinski definition) is 4. The van der Waals surface area contributed by atoms with Gasteiger partial charge in [-0.3, -0.25) is 4.79 Å². The van der Waals surface area contributed by atoms with E-state index in [1.54, 1.807) is 0 Å². The van der Waals surface area contributed by atoms with Gasteiger partial charge < -0.3 is 5.32 Å². The maximum absolute atomic E-state index is 11.9. The Morgan fingerprint density at radius 2 is 2.00 bits per heavy atom. The summed E-state index contributed by atoms with van der Waals surface area (Å²) in [6, 6.07) is 8.23. The summed E-state index contributed by atoms with van der Waals surface area (Å²) < 4.78 is 0. The minimum atomic E-state index is -0.0465. The first-order valence-electron chi connectivity index (χ1n) is 7.35. The van der Waals surface area contributed by atoms with Gasteiger partial charge in [0.25, 0.3) is 0 Å². The summed E-state index contributed by atoms with van der Waals surface area (Å²) in [5.41, 5.74) is 2.09. The van der Waals surface area contributed by atoms with Gasteiger partial charge in [0.2, 0.25) is 11.7 Å². The number of aromatic nitrogens is 4. The van der Waals surface area contributed by atoms with Crippen molar-refractivity contribution in [2.24, 2.45) is 0 Å². The van der Waals surface area contributed by atoms with E-state index in [1.807, 2.05) is 31.2 Å². The van der Waals surface area contributed by atoms with Crippen molar-refractivity contribution in [3.63, 3.8) is 0 Å². The van der Waals surface area contributed by atoms with Crippen molar-refractivity contribution < 1.29 is 4.79 Å². The number of amides is 1. The van der Waals surface area contributed by atoms with E-state index in [-0.39, 0.29) is 12.5 Å². The van der Waals surface area contributed by atoms with Crippen LogP contribution in [0.3, 0.4) is 0 Å². The van der Waals surface area contributed by atoms with Crippen LogP contribution >= 0.6 is 0 Å². The molecule has 0 aliphatic heterocycles. The third-order valence-electron chi connectivity index (χ3n) is 3.77. The summed E-state index contributed by atoms with van der Waals surface area (Å²) in [5.74, 6) is 0.499. The van der Waals surface area contributed by atoms with Gasteiger partial charge in [0.15, 0.2) is 0 Å². The second-order valence-corrected chi connectivity index (χ2v) is 5.56. The lowest BCUT2D eigenvalue weighted by Crippen LogP contribution is -2.35. The third-order valence-corrected chi connectivity index (χ3v) is 3.77. The molecule has 0 saturated heterocycles. The number of benzene rings is 1. The van der Waals surface area contributed by atoms with Crippen LogP contribution in [0.25, 0.3) is 11.4 Å². The lowest BCUT2D eigenvalue weighted by molar-refractivity contribution is -0.122. The summed E-state index contributed by atoms with van der Waals surface area (Å²) in [5, 5.41) is 15.2. The van der Waals surface area contributed by atoms with Gasteiger partial charge in [0.1, 0.15) is 6.54 Å². The average molecular weight is 285 g/mol. The fraction of sp³-hybridized carbons (Fsp3) is 0.467. The lowest BCUT2D eigenvalue weighted by atomic mass is 10.1. The molecule has 21 heavy (non-hydrogen) atoms. The highest BCUT2D eigenvalue weighted by molar-refractivity contribution is 5.75. The molecule has 2 aromatic rings. The molecule has 1 N–H and O–H groups in total. The van der Waals surface area contributed by atoms with Crippen LogP contribution in [0.2, 0.25) is 0 Å². The van der Waals surface area contributed by atoms with E-state index < -0.39 is 0 Å². The zero-order valence-electron chi connectivity index (χ0n) is 12.1. The second kappa shape index (κ2) is 6.03. The van der Waals surface area contributed by atoms with Gasteiger partial charge in [-0.2, -0.15) is 4.80 Å². The number of hydrogen-bond donors (Lipinski definition) is 1. The number of rotatable bonds is 4. The van der Waals surface area contributed by atoms with Crippen LogP contribution in [0.5, 0.6) is 0 Å². The molecule has 6 heteroatoms. The van der Waals surface area contributed by atoms with Crippen molar-refractivity contribution in [2.45, 2.75) is 45.2 Å². The highest BCUT2D eigenvalue weighted by Crippen LogP contribution is 2.17. The van der Waals surface area contributed by atoms with E-state index in [2.05, 4.69) is 20.7 Å². The van der Waals surface area contributed by atoms with E-state index >= 15 is 0 Å². The number of aryl methyl sites for hydroxylation is 1. The van der Waals surface area contributed by atoms with Crippen LogP contribution in [0.4, 0.5) is 0 Å². The highest BCUT2D eigenvalue weighted by Gasteiger charge is 2.17. The van der Waals surface area contributed by atoms with E-state index in [0.717, 1.165) is 18.4 Å². The molecule has 110 valence electrons. The van der Waals surface area contributed by atoms with Gasteiger partial charge in [-0.15, -0.1) is 10.2 Å². The van der Waals surface area contributed by atoms with Crippen LogP contribution in [0, 0.1) is 6.92 Å². The molecule has 1 aromatic carbocycles. The van der Waals surface area contributed by atoms with E-state index in [4.69, 9.17) is 0 Å². The predicted octanol–water partition coefficient (Wildman–Crippen LogP) is 1.71. The Labute approximate surface area is 123 Å². The molecule has 1 amide bonds. The SMILES string of the molecule is Cc1ccc(-c2nnn(CC(=O)NC3CCCC3)n2)cc1. The molecule has 1 heterocycles. The van der Waals surface area contributed by atoms with Gasteiger partial charge in [0, 0.05) is 11.6 Å². The Morgan fingerprint density at radius 1 is 1.29 bits per heavy atom. The van der Waals surface area contributed by atoms with Gasteiger partial charge in [-0.1, -0.05) is 42.7 Å². The van der Waals surface area contributed by atoms with Crippen molar-refractivity contribution in [3.8, 4) is 11.4 Å². The normalized spacial score (nSPS) is 15.3. The topological polar surface area (TPSA) is 72.7 Å². The Kier molecular flexibility index (Phi) is 3.94. The van der Waals surface area contributed by atoms with Crippen LogP contribution in [-0.4, -0.2) is 32.2 Å². The number of tetrazole rings is 1. The first kappa shape index (κ1) is 13.7. The third kappa shape index (κ3) is 3.45. The molecule has 0 unspecified atom stereocenters. The van der Waals surface area contributed by atoms with Crippen molar-refractivity contribution in [1.29, 1.82) is 0 Å². The molecule has 1 fully saturated rings. The Balaban J connectivity index is 1.61. The Bertz CT molecular complexity index is 613. The largest absolute Gasteiger partial charge is 0.352 e. The highest BCUT2D eigenvalue weighted by atomic mass is 16.2. The molecule has 1 aliphatic carbocycles. The molecule has 0 atom stereocenters. The summed E-state index contributed by atoms with van der Waals surface area (Å²) in [6.45, 7) is 2.15. The first-order chi connectivity index (χ1) is 10.2. The van der Waals surface area contributed by atoms with Crippen molar-refractivity contribution in [2.75, 3.05) is 0 Å². The summed E-state index contributed by atoms with van der Waals surface area (Å²) in [4.78, 5) is 13.3. The Hall–Kier alpha value is -2.24. The molecule has 0 radical (unpaired) electrons. The second-order valence-electron chi connectivity index (χ2n) is 5.56. The zero-order chi connectivity index (χ0) is 14.7. The minimum absolute atomic E-state index is 0.0465. The summed E-state index contributed by atoms with van der Waals surface area (Å²) in [6.07, 6.45) is 4.55. The fourth-order valence-electron chi connectivity index (χ4n) is 2.60. The van der Waals surface area contributed by atoms with E-state index in [9.17, 15) is 4.79 Å². The molecular weight excluding hydrogens is 266 g/mol. The minimum Gasteiger partial charge on any atom is -0.352 e. The first-order valence-corrected chi connectivity index (χ1v) is 7.35. The molecule has 6 nitrogen and oxygen atoms in total. The molecule has 0 bridgehead atoms. The van der Waals surface area contributed by atoms with Crippen molar-refractivity contribution >= 4 is 5.91 Å². The van der Waals surface area contributed by atoms with Crippen LogP contribution < -0.4 is 5.32 Å². The van der Waals surface area contributed by atoms with Gasteiger partial charge in [-0.05, 0) is 25.0 Å². The molecule has 1 aliphatic rings. The molecule has 1 saturated carbocycles. The summed E-state index contributed by atoms with van der Waals surface area (Å²) >= 11 is 0. The van der Waals surface area contributed by atoms with Gasteiger partial charge in [0.05, 0.1) is 0 Å². The number of nitrogens with zero attached hydrogens (tertiary/aromatic N) is 4. The average Bonchev–Trinajstić information content (AvgIpc) is 3.11. The van der Waals surface area contributed by atoms with Gasteiger partial charge in [-0.25, -0.2) is 0 Å². The monoisotopic (exact) mass is 285 g/mol. The van der Waals surface area contributed by atoms with E-state index in [0.29, 0.717) is 11.9 Å². The molecule has 1 aromatic heterocycles. The van der Waals surface area contributed by atoms with Crippen molar-refractivity contribution in [3.05, 3.63) is 29.8 Å². The van der Waals surface area contributed by atoms with Crippen LogP contribution in [0.1, 0.15) is 31.2 Å². The Morgan fingerprint density at radius 3 is 2.71 bits per heavy atom. The maximum Gasteiger partial charge on any atom is 0.243 e. The predicted molar refractivity (Wildman–Crippen MR) is 78.4 cm³/mol. The molecule has 3 rings (SSSR count). The number of carbonyl (C=O) groups is 1. The van der Waals surface area contributed by atoms with Crippen LogP contribution in [-0.2, 0) is 11.3 Å². The smallest absolute Gasteiger partial charge is 0.243 e. The quantitative estimate of drug-likeness (QED) is 0.928. The number of nitrogens with one attached hydrogen (secondary N) is 1. The van der Waals surface area contributed by atoms with E-state index in [1.165, 1.54) is 23.2 Å². The zero-order valence-corrected chi connectivity index (χ0v) is 12.1. The summed E-state index contributed by atoms with van der Waals surface area (Å²) in [7, 11) is 0.